The predicted octanol–water partition coefficient (Wildman–Crippen LogP) is -0.570. The van der Waals surface area contributed by atoms with Crippen LogP contribution in [0.5, 0.6) is 0 Å². The molecular formula is C6H11ClN2O2. The van der Waals surface area contributed by atoms with Gasteiger partial charge in [0.05, 0.1) is 6.54 Å². The van der Waals surface area contributed by atoms with Crippen molar-refractivity contribution in [1.82, 2.24) is 10.2 Å². The summed E-state index contributed by atoms with van der Waals surface area (Å²) in [6.45, 7) is 0.0125. The molecule has 1 N–H and O–H groups in total. The zero-order valence-electron chi connectivity index (χ0n) is 6.56. The van der Waals surface area contributed by atoms with Gasteiger partial charge in [-0.25, -0.2) is 0 Å². The van der Waals surface area contributed by atoms with Crippen LogP contribution in [0.3, 0.4) is 0 Å². The molecular weight excluding hydrogens is 168 g/mol. The number of hydrogen-bond donors (Lipinski definition) is 1. The van der Waals surface area contributed by atoms with Crippen LogP contribution < -0.4 is 5.32 Å². The third-order valence-corrected chi connectivity index (χ3v) is 1.30. The summed E-state index contributed by atoms with van der Waals surface area (Å²) in [6, 6.07) is 0. The van der Waals surface area contributed by atoms with Crippen molar-refractivity contribution in [2.24, 2.45) is 0 Å². The minimum absolute atomic E-state index is 0.0125. The largest absolute Gasteiger partial charge is 0.347 e. The fourth-order valence-corrected chi connectivity index (χ4v) is 0.474. The van der Waals surface area contributed by atoms with Gasteiger partial charge in [-0.3, -0.25) is 9.59 Å². The molecule has 0 unspecified atom stereocenters. The Morgan fingerprint density at radius 1 is 1.45 bits per heavy atom. The highest BCUT2D eigenvalue weighted by Crippen LogP contribution is 1.77. The summed E-state index contributed by atoms with van der Waals surface area (Å²) in [5.41, 5.74) is 0. The molecule has 0 spiro atoms. The van der Waals surface area contributed by atoms with Crippen LogP contribution in [0.25, 0.3) is 0 Å². The summed E-state index contributed by atoms with van der Waals surface area (Å²) in [6.07, 6.45) is 0. The number of alkyl halides is 1. The number of halogens is 1. The molecule has 0 bridgehead atoms. The first-order chi connectivity index (χ1) is 5.07. The lowest BCUT2D eigenvalue weighted by Crippen LogP contribution is -2.36. The maximum Gasteiger partial charge on any atom is 0.241 e. The first-order valence-electron chi connectivity index (χ1n) is 3.10. The van der Waals surface area contributed by atoms with E-state index in [2.05, 4.69) is 5.32 Å². The van der Waals surface area contributed by atoms with Crippen LogP contribution in [0.15, 0.2) is 0 Å². The van der Waals surface area contributed by atoms with Crippen molar-refractivity contribution in [3.8, 4) is 0 Å². The fraction of sp³-hybridized carbons (Fsp3) is 0.667. The van der Waals surface area contributed by atoms with Gasteiger partial charge in [-0.2, -0.15) is 0 Å². The van der Waals surface area contributed by atoms with E-state index in [0.717, 1.165) is 0 Å². The Kier molecular flexibility index (Phi) is 4.61. The fourth-order valence-electron chi connectivity index (χ4n) is 0.380. The molecule has 0 aliphatic heterocycles. The van der Waals surface area contributed by atoms with Crippen LogP contribution >= 0.6 is 11.6 Å². The van der Waals surface area contributed by atoms with Gasteiger partial charge >= 0.3 is 0 Å². The van der Waals surface area contributed by atoms with E-state index in [1.165, 1.54) is 4.90 Å². The van der Waals surface area contributed by atoms with Crippen LogP contribution in [-0.2, 0) is 9.59 Å². The first-order valence-corrected chi connectivity index (χ1v) is 3.64. The van der Waals surface area contributed by atoms with E-state index < -0.39 is 0 Å². The van der Waals surface area contributed by atoms with Crippen LogP contribution in [0.4, 0.5) is 0 Å². The van der Waals surface area contributed by atoms with Crippen molar-refractivity contribution in [3.05, 3.63) is 0 Å². The molecule has 2 amide bonds. The summed E-state index contributed by atoms with van der Waals surface area (Å²) in [5.74, 6) is -0.592. The van der Waals surface area contributed by atoms with Gasteiger partial charge in [-0.05, 0) is 0 Å². The smallest absolute Gasteiger partial charge is 0.241 e. The lowest BCUT2D eigenvalue weighted by Gasteiger charge is -2.09. The van der Waals surface area contributed by atoms with Crippen LogP contribution in [-0.4, -0.2) is 43.2 Å². The highest BCUT2D eigenvalue weighted by atomic mass is 35.5. The van der Waals surface area contributed by atoms with Crippen LogP contribution in [0.1, 0.15) is 0 Å². The molecule has 0 aromatic heterocycles. The van der Waals surface area contributed by atoms with Crippen molar-refractivity contribution >= 4 is 23.4 Å². The van der Waals surface area contributed by atoms with E-state index in [4.69, 9.17) is 11.6 Å². The highest BCUT2D eigenvalue weighted by molar-refractivity contribution is 6.27. The molecule has 4 nitrogen and oxygen atoms in total. The van der Waals surface area contributed by atoms with E-state index in [1.807, 2.05) is 0 Å². The average Bonchev–Trinajstić information content (AvgIpc) is 1.99. The number of carbonyl (C=O) groups is 2. The summed E-state index contributed by atoms with van der Waals surface area (Å²) in [4.78, 5) is 22.8. The molecule has 64 valence electrons. The summed E-state index contributed by atoms with van der Waals surface area (Å²) in [5, 5.41) is 2.35. The lowest BCUT2D eigenvalue weighted by molar-refractivity contribution is -0.130. The molecule has 0 aliphatic carbocycles. The molecule has 0 heterocycles. The molecule has 0 aliphatic rings. The molecule has 0 aromatic carbocycles. The summed E-state index contributed by atoms with van der Waals surface area (Å²) in [7, 11) is 3.24. The van der Waals surface area contributed by atoms with E-state index in [-0.39, 0.29) is 24.2 Å². The second kappa shape index (κ2) is 4.96. The standard InChI is InChI=1S/C6H11ClN2O2/c1-9(2)6(11)4-8-5(10)3-7/h3-4H2,1-2H3,(H,8,10). The molecule has 5 heteroatoms. The van der Waals surface area contributed by atoms with Gasteiger partial charge in [0.1, 0.15) is 5.88 Å². The van der Waals surface area contributed by atoms with Crippen molar-refractivity contribution in [1.29, 1.82) is 0 Å². The Bertz CT molecular complexity index is 159. The molecule has 0 aromatic rings. The Morgan fingerprint density at radius 3 is 2.36 bits per heavy atom. The van der Waals surface area contributed by atoms with Crippen molar-refractivity contribution in [2.75, 3.05) is 26.5 Å². The summed E-state index contributed by atoms with van der Waals surface area (Å²) < 4.78 is 0. The summed E-state index contributed by atoms with van der Waals surface area (Å²) >= 11 is 5.18. The maximum atomic E-state index is 10.8. The van der Waals surface area contributed by atoms with E-state index in [1.54, 1.807) is 14.1 Å². The Balaban J connectivity index is 3.54. The van der Waals surface area contributed by atoms with Crippen molar-refractivity contribution in [2.45, 2.75) is 0 Å². The molecule has 0 atom stereocenters. The topological polar surface area (TPSA) is 49.4 Å². The average molecular weight is 179 g/mol. The number of rotatable bonds is 3. The molecule has 0 fully saturated rings. The molecule has 0 saturated heterocycles. The SMILES string of the molecule is CN(C)C(=O)CNC(=O)CCl. The normalized spacial score (nSPS) is 9.00. The molecule has 11 heavy (non-hydrogen) atoms. The van der Waals surface area contributed by atoms with E-state index >= 15 is 0 Å². The number of amides is 2. The van der Waals surface area contributed by atoms with Gasteiger partial charge in [0, 0.05) is 14.1 Å². The second-order valence-electron chi connectivity index (χ2n) is 2.20. The number of likely N-dealkylation sites (N-methyl/N-ethyl adjacent to an activating group) is 1. The number of hydrogen-bond acceptors (Lipinski definition) is 2. The zero-order valence-corrected chi connectivity index (χ0v) is 7.31. The van der Waals surface area contributed by atoms with Gasteiger partial charge in [0.25, 0.3) is 0 Å². The van der Waals surface area contributed by atoms with Gasteiger partial charge in [-0.1, -0.05) is 0 Å². The van der Waals surface area contributed by atoms with Gasteiger partial charge in [-0.15, -0.1) is 11.6 Å². The quantitative estimate of drug-likeness (QED) is 0.589. The van der Waals surface area contributed by atoms with Crippen molar-refractivity contribution < 1.29 is 9.59 Å². The maximum absolute atomic E-state index is 10.8. The third kappa shape index (κ3) is 4.61. The Labute approximate surface area is 70.5 Å². The van der Waals surface area contributed by atoms with Gasteiger partial charge < -0.3 is 10.2 Å². The second-order valence-corrected chi connectivity index (χ2v) is 2.47. The van der Waals surface area contributed by atoms with Crippen LogP contribution in [0.2, 0.25) is 0 Å². The number of carbonyl (C=O) groups excluding carboxylic acids is 2. The van der Waals surface area contributed by atoms with Gasteiger partial charge in [0.15, 0.2) is 0 Å². The van der Waals surface area contributed by atoms with E-state index in [0.29, 0.717) is 0 Å². The minimum atomic E-state index is -0.332. The molecule has 0 saturated carbocycles. The first kappa shape index (κ1) is 10.2. The Hall–Kier alpha value is -0.770. The molecule has 0 rings (SSSR count). The predicted molar refractivity (Wildman–Crippen MR) is 42.4 cm³/mol. The minimum Gasteiger partial charge on any atom is -0.347 e. The van der Waals surface area contributed by atoms with Crippen LogP contribution in [0, 0.1) is 0 Å². The molecule has 0 radical (unpaired) electrons. The number of nitrogens with one attached hydrogen (secondary N) is 1. The Morgan fingerprint density at radius 2 is 2.00 bits per heavy atom. The zero-order chi connectivity index (χ0) is 8.85. The third-order valence-electron chi connectivity index (χ3n) is 1.06. The van der Waals surface area contributed by atoms with Crippen molar-refractivity contribution in [3.63, 3.8) is 0 Å². The lowest BCUT2D eigenvalue weighted by atomic mass is 10.5. The van der Waals surface area contributed by atoms with E-state index in [9.17, 15) is 9.59 Å². The number of nitrogens with zero attached hydrogens (tertiary/aromatic N) is 1. The van der Waals surface area contributed by atoms with Gasteiger partial charge in [0.2, 0.25) is 11.8 Å². The highest BCUT2D eigenvalue weighted by Gasteiger charge is 2.04. The monoisotopic (exact) mass is 178 g/mol.